The number of thiophene rings is 1. The Balaban J connectivity index is 1.65. The Morgan fingerprint density at radius 1 is 0.857 bits per heavy atom. The zero-order valence-corrected chi connectivity index (χ0v) is 17.5. The fraction of sp³-hybridized carbons (Fsp3) is 0.182. The van der Waals surface area contributed by atoms with Crippen LogP contribution in [0.1, 0.15) is 44.0 Å². The fourth-order valence-electron chi connectivity index (χ4n) is 3.39. The van der Waals surface area contributed by atoms with E-state index in [0.29, 0.717) is 16.1 Å². The van der Waals surface area contributed by atoms with Crippen LogP contribution < -0.4 is 10.6 Å². The molecule has 0 radical (unpaired) electrons. The third-order valence-electron chi connectivity index (χ3n) is 4.76. The van der Waals surface area contributed by atoms with Crippen molar-refractivity contribution in [2.75, 3.05) is 10.6 Å². The highest BCUT2D eigenvalue weighted by Gasteiger charge is 2.26. The van der Waals surface area contributed by atoms with Gasteiger partial charge < -0.3 is 10.6 Å². The second kappa shape index (κ2) is 8.29. The summed E-state index contributed by atoms with van der Waals surface area (Å²) in [6.07, 6.45) is 4.01. The number of anilines is 2. The smallest absolute Gasteiger partial charge is 0.258 e. The molecule has 1 aliphatic carbocycles. The minimum Gasteiger partial charge on any atom is -0.322 e. The molecule has 0 bridgehead atoms. The average molecular weight is 455 g/mol. The monoisotopic (exact) mass is 454 g/mol. The predicted molar refractivity (Wildman–Crippen MR) is 117 cm³/mol. The third kappa shape index (κ3) is 4.03. The van der Waals surface area contributed by atoms with E-state index >= 15 is 0 Å². The van der Waals surface area contributed by atoms with Gasteiger partial charge in [0.05, 0.1) is 5.56 Å². The van der Waals surface area contributed by atoms with Crippen LogP contribution in [-0.4, -0.2) is 11.8 Å². The fourth-order valence-corrected chi connectivity index (χ4v) is 4.93. The van der Waals surface area contributed by atoms with Gasteiger partial charge in [0.1, 0.15) is 5.00 Å². The summed E-state index contributed by atoms with van der Waals surface area (Å²) in [6, 6.07) is 16.6. The lowest BCUT2D eigenvalue weighted by atomic mass is 9.95. The molecular weight excluding hydrogens is 436 g/mol. The van der Waals surface area contributed by atoms with Crippen molar-refractivity contribution < 1.29 is 9.59 Å². The van der Waals surface area contributed by atoms with Gasteiger partial charge >= 0.3 is 0 Å². The Hall–Kier alpha value is -2.44. The summed E-state index contributed by atoms with van der Waals surface area (Å²) in [4.78, 5) is 27.0. The number of carbonyl (C=O) groups is 2. The number of para-hydroxylation sites is 1. The lowest BCUT2D eigenvalue weighted by Crippen LogP contribution is -2.18. The first-order valence-corrected chi connectivity index (χ1v) is 10.8. The lowest BCUT2D eigenvalue weighted by Gasteiger charge is -2.13. The predicted octanol–water partition coefficient (Wildman–Crippen LogP) is 5.89. The lowest BCUT2D eigenvalue weighted by molar-refractivity contribution is 0.102. The van der Waals surface area contributed by atoms with Crippen LogP contribution in [0.4, 0.5) is 10.7 Å². The number of nitrogens with one attached hydrogen (secondary N) is 2. The molecule has 2 amide bonds. The molecule has 0 spiro atoms. The largest absolute Gasteiger partial charge is 0.322 e. The van der Waals surface area contributed by atoms with Gasteiger partial charge in [0, 0.05) is 20.6 Å². The minimum absolute atomic E-state index is 0.170. The van der Waals surface area contributed by atoms with Gasteiger partial charge in [-0.15, -0.1) is 11.3 Å². The van der Waals surface area contributed by atoms with E-state index in [2.05, 4.69) is 26.6 Å². The normalized spacial score (nSPS) is 12.9. The molecule has 142 valence electrons. The molecule has 0 saturated carbocycles. The topological polar surface area (TPSA) is 58.2 Å². The van der Waals surface area contributed by atoms with E-state index in [-0.39, 0.29) is 11.8 Å². The van der Waals surface area contributed by atoms with Crippen LogP contribution in [0.5, 0.6) is 0 Å². The summed E-state index contributed by atoms with van der Waals surface area (Å²) >= 11 is 4.90. The number of hydrogen-bond donors (Lipinski definition) is 2. The van der Waals surface area contributed by atoms with Crippen LogP contribution in [-0.2, 0) is 12.8 Å². The van der Waals surface area contributed by atoms with Crippen molar-refractivity contribution in [3.05, 3.63) is 80.6 Å². The van der Waals surface area contributed by atoms with Gasteiger partial charge in [0.2, 0.25) is 0 Å². The Labute approximate surface area is 176 Å². The first-order chi connectivity index (χ1) is 13.6. The second-order valence-corrected chi connectivity index (χ2v) is 8.72. The molecule has 1 aromatic heterocycles. The quantitative estimate of drug-likeness (QED) is 0.515. The number of carbonyl (C=O) groups excluding carboxylic acids is 2. The van der Waals surface area contributed by atoms with Crippen molar-refractivity contribution in [3.63, 3.8) is 0 Å². The summed E-state index contributed by atoms with van der Waals surface area (Å²) in [5, 5.41) is 6.57. The maximum absolute atomic E-state index is 13.1. The van der Waals surface area contributed by atoms with Crippen molar-refractivity contribution >= 4 is 49.8 Å². The zero-order valence-electron chi connectivity index (χ0n) is 15.1. The van der Waals surface area contributed by atoms with E-state index in [0.717, 1.165) is 41.4 Å². The Kier molecular flexibility index (Phi) is 5.59. The first-order valence-electron chi connectivity index (χ1n) is 9.19. The number of hydrogen-bond acceptors (Lipinski definition) is 3. The Morgan fingerprint density at radius 2 is 1.57 bits per heavy atom. The van der Waals surface area contributed by atoms with Crippen molar-refractivity contribution in [3.8, 4) is 0 Å². The number of aryl methyl sites for hydroxylation is 1. The molecule has 4 nitrogen and oxygen atoms in total. The van der Waals surface area contributed by atoms with Crippen LogP contribution in [0.25, 0.3) is 0 Å². The molecule has 1 aliphatic rings. The highest BCUT2D eigenvalue weighted by atomic mass is 79.9. The number of fused-ring (bicyclic) bond motifs is 1. The van der Waals surface area contributed by atoms with Gasteiger partial charge in [-0.1, -0.05) is 34.1 Å². The zero-order chi connectivity index (χ0) is 19.5. The van der Waals surface area contributed by atoms with E-state index in [4.69, 9.17) is 0 Å². The van der Waals surface area contributed by atoms with Crippen LogP contribution in [0.15, 0.2) is 59.1 Å². The van der Waals surface area contributed by atoms with E-state index in [1.807, 2.05) is 42.5 Å². The highest BCUT2D eigenvalue weighted by Crippen LogP contribution is 2.38. The number of amides is 2. The molecule has 0 atom stereocenters. The average Bonchev–Trinajstić information content (AvgIpc) is 3.07. The number of halogens is 1. The van der Waals surface area contributed by atoms with Gasteiger partial charge in [-0.25, -0.2) is 0 Å². The van der Waals surface area contributed by atoms with Gasteiger partial charge in [-0.2, -0.15) is 0 Å². The van der Waals surface area contributed by atoms with E-state index < -0.39 is 0 Å². The maximum Gasteiger partial charge on any atom is 0.258 e. The molecule has 4 rings (SSSR count). The molecule has 0 aliphatic heterocycles. The first kappa shape index (κ1) is 18.9. The van der Waals surface area contributed by atoms with Crippen molar-refractivity contribution in [1.29, 1.82) is 0 Å². The molecule has 0 saturated heterocycles. The van der Waals surface area contributed by atoms with Gasteiger partial charge in [-0.3, -0.25) is 9.59 Å². The van der Waals surface area contributed by atoms with Crippen molar-refractivity contribution in [2.24, 2.45) is 0 Å². The van der Waals surface area contributed by atoms with Crippen LogP contribution in [0, 0.1) is 0 Å². The highest BCUT2D eigenvalue weighted by molar-refractivity contribution is 9.10. The standard InChI is InChI=1S/C22H19BrN2O2S/c23-15-12-10-14(11-13-15)20(26)25-22-19(17-8-4-5-9-18(17)28-22)21(27)24-16-6-2-1-3-7-16/h1-3,6-7,10-13H,4-5,8-9H2,(H,24,27)(H,25,26). The van der Waals surface area contributed by atoms with Gasteiger partial charge in [0.25, 0.3) is 11.8 Å². The molecule has 3 aromatic rings. The Bertz CT molecular complexity index is 1010. The number of benzene rings is 2. The summed E-state index contributed by atoms with van der Waals surface area (Å²) in [5.41, 5.74) is 2.99. The van der Waals surface area contributed by atoms with Crippen molar-refractivity contribution in [2.45, 2.75) is 25.7 Å². The van der Waals surface area contributed by atoms with Gasteiger partial charge in [0.15, 0.2) is 0 Å². The third-order valence-corrected chi connectivity index (χ3v) is 6.50. The molecule has 0 unspecified atom stereocenters. The molecule has 2 N–H and O–H groups in total. The summed E-state index contributed by atoms with van der Waals surface area (Å²) in [7, 11) is 0. The van der Waals surface area contributed by atoms with Crippen LogP contribution >= 0.6 is 27.3 Å². The van der Waals surface area contributed by atoms with Crippen LogP contribution in [0.3, 0.4) is 0 Å². The molecule has 6 heteroatoms. The van der Waals surface area contributed by atoms with Crippen LogP contribution in [0.2, 0.25) is 0 Å². The molecule has 28 heavy (non-hydrogen) atoms. The second-order valence-electron chi connectivity index (χ2n) is 6.70. The van der Waals surface area contributed by atoms with Gasteiger partial charge in [-0.05, 0) is 67.6 Å². The molecule has 2 aromatic carbocycles. The van der Waals surface area contributed by atoms with Crippen molar-refractivity contribution in [1.82, 2.24) is 0 Å². The summed E-state index contributed by atoms with van der Waals surface area (Å²) < 4.78 is 0.915. The maximum atomic E-state index is 13.1. The SMILES string of the molecule is O=C(Nc1sc2c(c1C(=O)Nc1ccccc1)CCCC2)c1ccc(Br)cc1. The molecular formula is C22H19BrN2O2S. The summed E-state index contributed by atoms with van der Waals surface area (Å²) in [6.45, 7) is 0. The molecule has 0 fully saturated rings. The Morgan fingerprint density at radius 3 is 2.32 bits per heavy atom. The number of rotatable bonds is 4. The van der Waals surface area contributed by atoms with E-state index in [1.54, 1.807) is 12.1 Å². The minimum atomic E-state index is -0.208. The summed E-state index contributed by atoms with van der Waals surface area (Å²) in [5.74, 6) is -0.378. The molecule has 1 heterocycles. The van der Waals surface area contributed by atoms with E-state index in [9.17, 15) is 9.59 Å². The van der Waals surface area contributed by atoms with E-state index in [1.165, 1.54) is 16.2 Å².